The molecule has 0 amide bonds. The number of aromatic nitrogens is 7. The van der Waals surface area contributed by atoms with Crippen molar-refractivity contribution >= 4 is 10.0 Å². The Morgan fingerprint density at radius 2 is 1.74 bits per heavy atom. The largest absolute Gasteiger partial charge is 0.456 e. The summed E-state index contributed by atoms with van der Waals surface area (Å²) < 4.78 is 77.1. The SMILES string of the molecule is Cc1noc(C)c1S(=O)(=O)n1c(-c2ccccn2)noc1=O.O=c1[nH]c(-c2cnccc2C(F)(F)F)no1. The van der Waals surface area contributed by atoms with Gasteiger partial charge in [0.15, 0.2) is 16.5 Å². The highest BCUT2D eigenvalue weighted by Gasteiger charge is 2.35. The van der Waals surface area contributed by atoms with E-state index in [1.165, 1.54) is 26.1 Å². The van der Waals surface area contributed by atoms with Gasteiger partial charge in [-0.3, -0.25) is 24.0 Å². The van der Waals surface area contributed by atoms with E-state index in [2.05, 4.69) is 34.5 Å². The highest BCUT2D eigenvalue weighted by Crippen LogP contribution is 2.34. The smallest absolute Gasteiger partial charge is 0.360 e. The van der Waals surface area contributed by atoms with Crippen LogP contribution in [-0.2, 0) is 16.2 Å². The number of aromatic amines is 1. The average molecular weight is 553 g/mol. The Balaban J connectivity index is 0.000000186. The summed E-state index contributed by atoms with van der Waals surface area (Å²) in [7, 11) is -4.27. The molecule has 18 heteroatoms. The van der Waals surface area contributed by atoms with E-state index in [1.54, 1.807) is 12.1 Å². The molecule has 0 unspecified atom stereocenters. The second kappa shape index (κ2) is 9.88. The molecule has 0 radical (unpaired) electrons. The zero-order valence-electron chi connectivity index (χ0n) is 19.1. The van der Waals surface area contributed by atoms with Crippen molar-refractivity contribution in [3.63, 3.8) is 0 Å². The third-order valence-electron chi connectivity index (χ3n) is 4.75. The van der Waals surface area contributed by atoms with E-state index in [1.807, 2.05) is 4.98 Å². The molecule has 38 heavy (non-hydrogen) atoms. The van der Waals surface area contributed by atoms with Crippen molar-refractivity contribution in [2.24, 2.45) is 0 Å². The maximum Gasteiger partial charge on any atom is 0.456 e. The molecular formula is C20H14F3N7O7S. The Kier molecular flexibility index (Phi) is 6.81. The lowest BCUT2D eigenvalue weighted by Gasteiger charge is -2.09. The van der Waals surface area contributed by atoms with Crippen LogP contribution < -0.4 is 11.5 Å². The van der Waals surface area contributed by atoms with Gasteiger partial charge in [-0.15, -0.1) is 3.97 Å². The zero-order valence-corrected chi connectivity index (χ0v) is 19.9. The van der Waals surface area contributed by atoms with Gasteiger partial charge in [0, 0.05) is 18.6 Å². The van der Waals surface area contributed by atoms with Crippen LogP contribution in [0.4, 0.5) is 13.2 Å². The minimum Gasteiger partial charge on any atom is -0.360 e. The monoisotopic (exact) mass is 553 g/mol. The molecule has 5 heterocycles. The van der Waals surface area contributed by atoms with Crippen LogP contribution in [0.2, 0.25) is 0 Å². The summed E-state index contributed by atoms with van der Waals surface area (Å²) in [4.78, 5) is 31.8. The number of alkyl halides is 3. The van der Waals surface area contributed by atoms with Crippen LogP contribution in [0.15, 0.2) is 70.9 Å². The molecule has 0 spiro atoms. The Hall–Kier alpha value is -4.87. The van der Waals surface area contributed by atoms with Gasteiger partial charge in [0.1, 0.15) is 11.4 Å². The Morgan fingerprint density at radius 1 is 0.974 bits per heavy atom. The summed E-state index contributed by atoms with van der Waals surface area (Å²) in [6, 6.07) is 5.59. The van der Waals surface area contributed by atoms with E-state index < -0.39 is 33.3 Å². The first-order valence-electron chi connectivity index (χ1n) is 10.2. The van der Waals surface area contributed by atoms with Crippen LogP contribution in [0.5, 0.6) is 0 Å². The first-order valence-corrected chi connectivity index (χ1v) is 11.6. The van der Waals surface area contributed by atoms with Gasteiger partial charge in [-0.05, 0) is 32.0 Å². The molecule has 5 rings (SSSR count). The van der Waals surface area contributed by atoms with Gasteiger partial charge >= 0.3 is 17.7 Å². The predicted molar refractivity (Wildman–Crippen MR) is 118 cm³/mol. The molecule has 1 N–H and O–H groups in total. The molecule has 0 aromatic carbocycles. The lowest BCUT2D eigenvalue weighted by Crippen LogP contribution is -2.25. The van der Waals surface area contributed by atoms with Crippen molar-refractivity contribution < 1.29 is 35.2 Å². The molecule has 5 aromatic rings. The number of H-pyrrole nitrogens is 1. The molecule has 14 nitrogen and oxygen atoms in total. The van der Waals surface area contributed by atoms with E-state index >= 15 is 0 Å². The number of nitrogens with one attached hydrogen (secondary N) is 1. The average Bonchev–Trinajstić information content (AvgIpc) is 3.58. The van der Waals surface area contributed by atoms with Gasteiger partial charge in [-0.25, -0.2) is 18.0 Å². The van der Waals surface area contributed by atoms with Crippen molar-refractivity contribution in [1.82, 2.24) is 34.4 Å². The molecular weight excluding hydrogens is 539 g/mol. The van der Waals surface area contributed by atoms with Crippen LogP contribution in [0.3, 0.4) is 0 Å². The van der Waals surface area contributed by atoms with Crippen LogP contribution in [0.1, 0.15) is 17.0 Å². The number of hydrogen-bond acceptors (Lipinski definition) is 12. The first kappa shape index (κ1) is 26.2. The van der Waals surface area contributed by atoms with Crippen molar-refractivity contribution in [3.8, 4) is 22.9 Å². The predicted octanol–water partition coefficient (Wildman–Crippen LogP) is 2.18. The number of pyridine rings is 2. The summed E-state index contributed by atoms with van der Waals surface area (Å²) in [6.07, 6.45) is -1.14. The van der Waals surface area contributed by atoms with Gasteiger partial charge in [0.2, 0.25) is 5.82 Å². The lowest BCUT2D eigenvalue weighted by atomic mass is 10.1. The molecule has 0 aliphatic heterocycles. The van der Waals surface area contributed by atoms with Gasteiger partial charge in [-0.1, -0.05) is 21.5 Å². The lowest BCUT2D eigenvalue weighted by molar-refractivity contribution is -0.137. The fraction of sp³-hybridized carbons (Fsp3) is 0.150. The number of nitrogens with zero attached hydrogens (tertiary/aromatic N) is 6. The van der Waals surface area contributed by atoms with Gasteiger partial charge < -0.3 is 4.52 Å². The molecule has 5 aromatic heterocycles. The first-order chi connectivity index (χ1) is 17.9. The summed E-state index contributed by atoms with van der Waals surface area (Å²) in [5.41, 5.74) is -0.950. The number of rotatable bonds is 4. The summed E-state index contributed by atoms with van der Waals surface area (Å²) in [6.45, 7) is 2.90. The zero-order chi connectivity index (χ0) is 27.7. The summed E-state index contributed by atoms with van der Waals surface area (Å²) in [5.74, 6) is -2.51. The molecule has 0 aliphatic carbocycles. The van der Waals surface area contributed by atoms with Crippen molar-refractivity contribution in [2.45, 2.75) is 24.9 Å². The quantitative estimate of drug-likeness (QED) is 0.341. The highest BCUT2D eigenvalue weighted by atomic mass is 32.2. The molecule has 0 saturated carbocycles. The Labute approximate surface area is 208 Å². The topological polar surface area (TPSA) is 193 Å². The fourth-order valence-corrected chi connectivity index (χ4v) is 4.79. The summed E-state index contributed by atoms with van der Waals surface area (Å²) in [5, 5.41) is 10.3. The van der Waals surface area contributed by atoms with Crippen LogP contribution in [-0.4, -0.2) is 42.8 Å². The van der Waals surface area contributed by atoms with E-state index in [0.717, 1.165) is 18.5 Å². The Bertz CT molecular complexity index is 1780. The molecule has 0 fully saturated rings. The summed E-state index contributed by atoms with van der Waals surface area (Å²) >= 11 is 0. The molecule has 0 atom stereocenters. The Morgan fingerprint density at radius 3 is 2.32 bits per heavy atom. The highest BCUT2D eigenvalue weighted by molar-refractivity contribution is 7.90. The molecule has 198 valence electrons. The minimum atomic E-state index is -4.55. The van der Waals surface area contributed by atoms with Crippen molar-refractivity contribution in [1.29, 1.82) is 0 Å². The fourth-order valence-electron chi connectivity index (χ4n) is 3.21. The van der Waals surface area contributed by atoms with Crippen LogP contribution in [0.25, 0.3) is 22.9 Å². The van der Waals surface area contributed by atoms with Crippen molar-refractivity contribution in [3.05, 3.63) is 81.0 Å². The van der Waals surface area contributed by atoms with E-state index in [4.69, 9.17) is 4.52 Å². The number of aryl methyl sites for hydroxylation is 2. The maximum absolute atomic E-state index is 12.7. The second-order valence-corrected chi connectivity index (χ2v) is 9.00. The van der Waals surface area contributed by atoms with Crippen LogP contribution in [0, 0.1) is 13.8 Å². The third kappa shape index (κ3) is 5.01. The van der Waals surface area contributed by atoms with Crippen molar-refractivity contribution in [2.75, 3.05) is 0 Å². The second-order valence-electron chi connectivity index (χ2n) is 7.27. The standard InChI is InChI=1S/C12H10N4O5S.C8H4F3N3O2/c1-7-10(8(2)20-14-7)22(18,19)16-11(15-21-12(16)17)9-5-3-4-6-13-9;9-8(10,11)5-1-2-12-3-4(5)6-13-7(15)16-14-6/h3-6H,1-2H3;1-3H,(H,13,14,15). The minimum absolute atomic E-state index is 0.0672. The number of halogens is 3. The van der Waals surface area contributed by atoms with Gasteiger partial charge in [0.05, 0.1) is 11.1 Å². The molecule has 0 bridgehead atoms. The maximum atomic E-state index is 12.7. The van der Waals surface area contributed by atoms with E-state index in [9.17, 15) is 31.2 Å². The normalized spacial score (nSPS) is 11.7. The van der Waals surface area contributed by atoms with Crippen LogP contribution >= 0.6 is 0 Å². The number of hydrogen-bond donors (Lipinski definition) is 1. The van der Waals surface area contributed by atoms with Gasteiger partial charge in [-0.2, -0.15) is 13.2 Å². The third-order valence-corrected chi connectivity index (χ3v) is 6.65. The van der Waals surface area contributed by atoms with Gasteiger partial charge in [0.25, 0.3) is 10.0 Å². The van der Waals surface area contributed by atoms with E-state index in [-0.39, 0.29) is 39.3 Å². The molecule has 0 aliphatic rings. The van der Waals surface area contributed by atoms with E-state index in [0.29, 0.717) is 3.97 Å². The molecule has 0 saturated heterocycles.